The van der Waals surface area contributed by atoms with Gasteiger partial charge < -0.3 is 15.0 Å². The van der Waals surface area contributed by atoms with Gasteiger partial charge in [0, 0.05) is 19.5 Å². The third kappa shape index (κ3) is 5.57. The first kappa shape index (κ1) is 17.8. The maximum absolute atomic E-state index is 12.0. The molecule has 24 heavy (non-hydrogen) atoms. The number of hydrogen-bond acceptors (Lipinski definition) is 4. The number of amides is 1. The van der Waals surface area contributed by atoms with Gasteiger partial charge in [-0.05, 0) is 44.5 Å². The number of anilines is 2. The summed E-state index contributed by atoms with van der Waals surface area (Å²) >= 11 is 0. The van der Waals surface area contributed by atoms with Crippen LogP contribution in [0.3, 0.4) is 0 Å². The lowest BCUT2D eigenvalue weighted by Crippen LogP contribution is -2.22. The number of ether oxygens (including phenoxy) is 1. The fraction of sp³-hybridized carbons (Fsp3) is 0.368. The van der Waals surface area contributed by atoms with Gasteiger partial charge in [-0.15, -0.1) is 0 Å². The van der Waals surface area contributed by atoms with Crippen LogP contribution in [-0.2, 0) is 4.79 Å². The quantitative estimate of drug-likeness (QED) is 0.713. The summed E-state index contributed by atoms with van der Waals surface area (Å²) in [6.45, 7) is 6.54. The number of carbonyl (C=O) groups excluding carboxylic acids is 1. The van der Waals surface area contributed by atoms with Crippen LogP contribution in [0.25, 0.3) is 0 Å². The van der Waals surface area contributed by atoms with E-state index in [1.807, 2.05) is 42.5 Å². The summed E-state index contributed by atoms with van der Waals surface area (Å²) in [5, 5.41) is 2.87. The lowest BCUT2D eigenvalue weighted by molar-refractivity contribution is -0.116. The van der Waals surface area contributed by atoms with E-state index >= 15 is 0 Å². The highest BCUT2D eigenvalue weighted by Crippen LogP contribution is 2.14. The largest absolute Gasteiger partial charge is 0.494 e. The van der Waals surface area contributed by atoms with E-state index in [-0.39, 0.29) is 5.91 Å². The van der Waals surface area contributed by atoms with Crippen LogP contribution in [0.2, 0.25) is 0 Å². The minimum Gasteiger partial charge on any atom is -0.494 e. The summed E-state index contributed by atoms with van der Waals surface area (Å²) in [7, 11) is 0. The monoisotopic (exact) mass is 327 g/mol. The predicted octanol–water partition coefficient (Wildman–Crippen LogP) is 3.73. The SMILES string of the molecule is CCN(CC)c1ccc(NC(=O)CCCOc2ccccc2)cn1. The number of aromatic nitrogens is 1. The highest BCUT2D eigenvalue weighted by atomic mass is 16.5. The number of nitrogens with one attached hydrogen (secondary N) is 1. The fourth-order valence-corrected chi connectivity index (χ4v) is 2.36. The molecule has 0 bridgehead atoms. The van der Waals surface area contributed by atoms with E-state index in [9.17, 15) is 4.79 Å². The Balaban J connectivity index is 1.72. The third-order valence-electron chi connectivity index (χ3n) is 3.68. The first-order valence-corrected chi connectivity index (χ1v) is 8.41. The average molecular weight is 327 g/mol. The van der Waals surface area contributed by atoms with Gasteiger partial charge in [-0.3, -0.25) is 4.79 Å². The average Bonchev–Trinajstić information content (AvgIpc) is 2.62. The van der Waals surface area contributed by atoms with Crippen molar-refractivity contribution in [3.63, 3.8) is 0 Å². The highest BCUT2D eigenvalue weighted by molar-refractivity contribution is 5.90. The summed E-state index contributed by atoms with van der Waals surface area (Å²) in [6, 6.07) is 13.4. The molecule has 0 radical (unpaired) electrons. The van der Waals surface area contributed by atoms with Gasteiger partial charge in [0.15, 0.2) is 0 Å². The number of rotatable bonds is 9. The van der Waals surface area contributed by atoms with E-state index in [4.69, 9.17) is 4.74 Å². The summed E-state index contributed by atoms with van der Waals surface area (Å²) in [5.41, 5.74) is 0.722. The van der Waals surface area contributed by atoms with E-state index in [0.717, 1.165) is 30.3 Å². The van der Waals surface area contributed by atoms with Crippen molar-refractivity contribution in [3.8, 4) is 5.75 Å². The Labute approximate surface area is 143 Å². The van der Waals surface area contributed by atoms with E-state index in [1.54, 1.807) is 6.20 Å². The molecule has 0 aliphatic heterocycles. The van der Waals surface area contributed by atoms with Gasteiger partial charge in [0.25, 0.3) is 0 Å². The molecule has 0 unspecified atom stereocenters. The Morgan fingerprint density at radius 3 is 2.50 bits per heavy atom. The first-order valence-electron chi connectivity index (χ1n) is 8.41. The van der Waals surface area contributed by atoms with E-state index in [0.29, 0.717) is 19.4 Å². The van der Waals surface area contributed by atoms with Crippen molar-refractivity contribution in [1.82, 2.24) is 4.98 Å². The topological polar surface area (TPSA) is 54.5 Å². The number of hydrogen-bond donors (Lipinski definition) is 1. The van der Waals surface area contributed by atoms with Crippen molar-refractivity contribution in [2.24, 2.45) is 0 Å². The number of pyridine rings is 1. The molecule has 5 heteroatoms. The Kier molecular flexibility index (Phi) is 7.08. The van der Waals surface area contributed by atoms with Crippen LogP contribution >= 0.6 is 0 Å². The zero-order valence-corrected chi connectivity index (χ0v) is 14.4. The van der Waals surface area contributed by atoms with Gasteiger partial charge in [-0.1, -0.05) is 18.2 Å². The van der Waals surface area contributed by atoms with Gasteiger partial charge in [-0.25, -0.2) is 4.98 Å². The third-order valence-corrected chi connectivity index (χ3v) is 3.68. The molecule has 5 nitrogen and oxygen atoms in total. The van der Waals surface area contributed by atoms with Crippen molar-refractivity contribution in [2.75, 3.05) is 29.9 Å². The van der Waals surface area contributed by atoms with Crippen LogP contribution in [0.15, 0.2) is 48.7 Å². The van der Waals surface area contributed by atoms with Gasteiger partial charge >= 0.3 is 0 Å². The minimum atomic E-state index is -0.0240. The van der Waals surface area contributed by atoms with Crippen molar-refractivity contribution in [1.29, 1.82) is 0 Å². The second-order valence-corrected chi connectivity index (χ2v) is 5.39. The van der Waals surface area contributed by atoms with E-state index in [1.165, 1.54) is 0 Å². The molecular weight excluding hydrogens is 302 g/mol. The van der Waals surface area contributed by atoms with Crippen LogP contribution in [-0.4, -0.2) is 30.6 Å². The molecule has 128 valence electrons. The van der Waals surface area contributed by atoms with Gasteiger partial charge in [0.2, 0.25) is 5.91 Å². The molecule has 0 aliphatic rings. The number of carbonyl (C=O) groups is 1. The van der Waals surface area contributed by atoms with Crippen LogP contribution in [0, 0.1) is 0 Å². The summed E-state index contributed by atoms with van der Waals surface area (Å²) in [5.74, 6) is 1.73. The maximum Gasteiger partial charge on any atom is 0.224 e. The van der Waals surface area contributed by atoms with Crippen molar-refractivity contribution < 1.29 is 9.53 Å². The number of para-hydroxylation sites is 1. The molecule has 0 atom stereocenters. The van der Waals surface area contributed by atoms with Crippen LogP contribution in [0.1, 0.15) is 26.7 Å². The Morgan fingerprint density at radius 2 is 1.88 bits per heavy atom. The fourth-order valence-electron chi connectivity index (χ4n) is 2.36. The molecule has 1 N–H and O–H groups in total. The minimum absolute atomic E-state index is 0.0240. The molecule has 1 aromatic heterocycles. The van der Waals surface area contributed by atoms with Crippen LogP contribution in [0.5, 0.6) is 5.75 Å². The Hall–Kier alpha value is -2.56. The zero-order chi connectivity index (χ0) is 17.2. The normalized spacial score (nSPS) is 10.2. The molecule has 0 saturated carbocycles. The van der Waals surface area contributed by atoms with Gasteiger partial charge in [-0.2, -0.15) is 0 Å². The van der Waals surface area contributed by atoms with Crippen LogP contribution < -0.4 is 15.0 Å². The number of benzene rings is 1. The standard InChI is InChI=1S/C19H25N3O2/c1-3-22(4-2)18-13-12-16(15-20-18)21-19(23)11-8-14-24-17-9-6-5-7-10-17/h5-7,9-10,12-13,15H,3-4,8,11,14H2,1-2H3,(H,21,23). The summed E-state index contributed by atoms with van der Waals surface area (Å²) in [6.07, 6.45) is 2.79. The second-order valence-electron chi connectivity index (χ2n) is 5.39. The second kappa shape index (κ2) is 9.55. The summed E-state index contributed by atoms with van der Waals surface area (Å²) < 4.78 is 5.58. The molecule has 1 amide bonds. The van der Waals surface area contributed by atoms with E-state index in [2.05, 4.69) is 29.0 Å². The van der Waals surface area contributed by atoms with Crippen LogP contribution in [0.4, 0.5) is 11.5 Å². The van der Waals surface area contributed by atoms with Gasteiger partial charge in [0.05, 0.1) is 18.5 Å². The van der Waals surface area contributed by atoms with E-state index < -0.39 is 0 Å². The van der Waals surface area contributed by atoms with Crippen molar-refractivity contribution in [3.05, 3.63) is 48.7 Å². The Morgan fingerprint density at radius 1 is 1.12 bits per heavy atom. The summed E-state index contributed by atoms with van der Waals surface area (Å²) in [4.78, 5) is 18.5. The molecule has 0 spiro atoms. The molecule has 1 heterocycles. The molecular formula is C19H25N3O2. The van der Waals surface area contributed by atoms with Gasteiger partial charge in [0.1, 0.15) is 11.6 Å². The molecule has 0 saturated heterocycles. The molecule has 2 rings (SSSR count). The predicted molar refractivity (Wildman–Crippen MR) is 97.6 cm³/mol. The molecule has 1 aromatic carbocycles. The van der Waals surface area contributed by atoms with Crippen molar-refractivity contribution >= 4 is 17.4 Å². The first-order chi connectivity index (χ1) is 11.7. The molecule has 2 aromatic rings. The highest BCUT2D eigenvalue weighted by Gasteiger charge is 2.06. The van der Waals surface area contributed by atoms with Crippen molar-refractivity contribution in [2.45, 2.75) is 26.7 Å². The zero-order valence-electron chi connectivity index (χ0n) is 14.4. The lowest BCUT2D eigenvalue weighted by atomic mass is 10.3. The lowest BCUT2D eigenvalue weighted by Gasteiger charge is -2.19. The number of nitrogens with zero attached hydrogens (tertiary/aromatic N) is 2. The smallest absolute Gasteiger partial charge is 0.224 e. The molecule has 0 aliphatic carbocycles. The molecule has 0 fully saturated rings. The Bertz CT molecular complexity index is 610. The maximum atomic E-state index is 12.0.